The Morgan fingerprint density at radius 3 is 1.59 bits per heavy atom. The molecule has 0 aliphatic rings. The average molecular weight is 766 g/mol. The molecule has 0 bridgehead atoms. The Morgan fingerprint density at radius 1 is 0.611 bits per heavy atom. The number of H-pyrrole nitrogens is 1. The molecule has 0 fully saturated rings. The van der Waals surface area contributed by atoms with Gasteiger partial charge in [-0.15, -0.1) is 0 Å². The van der Waals surface area contributed by atoms with Crippen LogP contribution >= 0.6 is 0 Å². The molecule has 10 amide bonds. The molecule has 0 spiro atoms. The molecule has 23 nitrogen and oxygen atoms in total. The van der Waals surface area contributed by atoms with Gasteiger partial charge in [0.2, 0.25) is 59.1 Å². The van der Waals surface area contributed by atoms with Crippen molar-refractivity contribution >= 4 is 59.1 Å². The fourth-order valence-electron chi connectivity index (χ4n) is 4.67. The van der Waals surface area contributed by atoms with Crippen molar-refractivity contribution in [2.45, 2.75) is 109 Å². The summed E-state index contributed by atoms with van der Waals surface area (Å²) in [4.78, 5) is 132. The first-order chi connectivity index (χ1) is 25.1. The lowest BCUT2D eigenvalue weighted by atomic mass is 10.0. The van der Waals surface area contributed by atoms with Gasteiger partial charge in [0.25, 0.3) is 0 Å². The highest BCUT2D eigenvalue weighted by molar-refractivity contribution is 5.98. The van der Waals surface area contributed by atoms with Gasteiger partial charge in [0.15, 0.2) is 0 Å². The van der Waals surface area contributed by atoms with Crippen molar-refractivity contribution in [3.63, 3.8) is 0 Å². The van der Waals surface area contributed by atoms with Gasteiger partial charge in [0.05, 0.1) is 18.8 Å². The number of imidazole rings is 1. The number of carbonyl (C=O) groups excluding carboxylic acids is 10. The van der Waals surface area contributed by atoms with Crippen LogP contribution in [0.4, 0.5) is 0 Å². The third kappa shape index (κ3) is 16.5. The van der Waals surface area contributed by atoms with Crippen LogP contribution in [0.5, 0.6) is 0 Å². The zero-order valence-electron chi connectivity index (χ0n) is 30.4. The second-order valence-corrected chi connectivity index (χ2v) is 12.9. The molecule has 0 unspecified atom stereocenters. The summed E-state index contributed by atoms with van der Waals surface area (Å²) >= 11 is 0. The maximum atomic E-state index is 13.4. The van der Waals surface area contributed by atoms with Gasteiger partial charge in [0, 0.05) is 31.2 Å². The van der Waals surface area contributed by atoms with Gasteiger partial charge in [-0.1, -0.05) is 13.8 Å². The topological polar surface area (TPSA) is 402 Å². The predicted molar refractivity (Wildman–Crippen MR) is 188 cm³/mol. The van der Waals surface area contributed by atoms with Crippen molar-refractivity contribution in [2.24, 2.45) is 34.6 Å². The van der Waals surface area contributed by atoms with Gasteiger partial charge in [-0.3, -0.25) is 47.9 Å². The molecule has 1 aromatic rings. The molecular formula is C31H51N13O10. The van der Waals surface area contributed by atoms with Crippen molar-refractivity contribution in [2.75, 3.05) is 0 Å². The minimum Gasteiger partial charge on any atom is -0.370 e. The summed E-state index contributed by atoms with van der Waals surface area (Å²) in [5.41, 5.74) is 26.9. The molecule has 1 aromatic heterocycles. The molecule has 54 heavy (non-hydrogen) atoms. The SMILES string of the molecule is CC(C)[C@H](NC(=O)[C@H](CCC(N)=O)NC(=O)[C@H](C)N)C(=O)N[C@@H](C)C(=O)N[C@@H](CC(N)=O)C(=O)N[C@@H](Cc1cnc[nH]1)C(=O)N[C@@H](CCC(N)=O)C(N)=O. The Balaban J connectivity index is 3.15. The average Bonchev–Trinajstić information content (AvgIpc) is 3.58. The highest BCUT2D eigenvalue weighted by Gasteiger charge is 2.34. The molecule has 0 aliphatic heterocycles. The van der Waals surface area contributed by atoms with Crippen LogP contribution in [0.25, 0.3) is 0 Å². The molecule has 0 aliphatic carbocycles. The smallest absolute Gasteiger partial charge is 0.243 e. The number of nitrogens with zero attached hydrogens (tertiary/aromatic N) is 1. The van der Waals surface area contributed by atoms with Crippen LogP contribution in [0.2, 0.25) is 0 Å². The molecule has 1 rings (SSSR count). The van der Waals surface area contributed by atoms with Crippen molar-refractivity contribution in [3.05, 3.63) is 18.2 Å². The molecule has 0 saturated carbocycles. The number of amides is 10. The predicted octanol–water partition coefficient (Wildman–Crippen LogP) is -6.22. The third-order valence-electron chi connectivity index (χ3n) is 7.71. The lowest BCUT2D eigenvalue weighted by Crippen LogP contribution is -2.60. The molecule has 0 saturated heterocycles. The van der Waals surface area contributed by atoms with Crippen LogP contribution in [-0.2, 0) is 54.4 Å². The largest absolute Gasteiger partial charge is 0.370 e. The zero-order valence-corrected chi connectivity index (χ0v) is 30.4. The number of nitrogens with one attached hydrogen (secondary N) is 7. The lowest BCUT2D eigenvalue weighted by Gasteiger charge is -2.27. The second kappa shape index (κ2) is 22.1. The van der Waals surface area contributed by atoms with Crippen LogP contribution in [0.15, 0.2) is 12.5 Å². The number of hydrogen-bond donors (Lipinski definition) is 12. The van der Waals surface area contributed by atoms with E-state index in [1.807, 2.05) is 0 Å². The molecule has 1 heterocycles. The van der Waals surface area contributed by atoms with Crippen molar-refractivity contribution in [3.8, 4) is 0 Å². The Morgan fingerprint density at radius 2 is 1.11 bits per heavy atom. The van der Waals surface area contributed by atoms with Crippen LogP contribution in [0.3, 0.4) is 0 Å². The Kier molecular flexibility index (Phi) is 18.7. The number of aromatic nitrogens is 2. The van der Waals surface area contributed by atoms with Crippen LogP contribution < -0.4 is 60.6 Å². The first-order valence-electron chi connectivity index (χ1n) is 16.8. The first-order valence-corrected chi connectivity index (χ1v) is 16.8. The molecular weight excluding hydrogens is 714 g/mol. The molecule has 7 atom stereocenters. The number of aromatic amines is 1. The van der Waals surface area contributed by atoms with Gasteiger partial charge < -0.3 is 65.6 Å². The van der Waals surface area contributed by atoms with E-state index in [1.54, 1.807) is 13.8 Å². The minimum atomic E-state index is -1.67. The summed E-state index contributed by atoms with van der Waals surface area (Å²) in [6.45, 7) is 5.79. The molecule has 23 heteroatoms. The van der Waals surface area contributed by atoms with E-state index in [0.717, 1.165) is 0 Å². The Bertz CT molecular complexity index is 1530. The molecule has 0 radical (unpaired) electrons. The first kappa shape index (κ1) is 45.9. The Labute approximate surface area is 310 Å². The van der Waals surface area contributed by atoms with E-state index >= 15 is 0 Å². The summed E-state index contributed by atoms with van der Waals surface area (Å²) in [6.07, 6.45) is 0.699. The van der Waals surface area contributed by atoms with Crippen molar-refractivity contribution in [1.82, 2.24) is 41.9 Å². The van der Waals surface area contributed by atoms with E-state index in [0.29, 0.717) is 5.69 Å². The molecule has 0 aromatic carbocycles. The normalized spacial score (nSPS) is 14.8. The van der Waals surface area contributed by atoms with Gasteiger partial charge >= 0.3 is 0 Å². The highest BCUT2D eigenvalue weighted by atomic mass is 16.2. The second-order valence-electron chi connectivity index (χ2n) is 12.9. The number of primary amides is 4. The van der Waals surface area contributed by atoms with Gasteiger partial charge in [-0.05, 0) is 32.6 Å². The fraction of sp³-hybridized carbons (Fsp3) is 0.581. The summed E-state index contributed by atoms with van der Waals surface area (Å²) in [6, 6.07) is -9.39. The fourth-order valence-corrected chi connectivity index (χ4v) is 4.67. The summed E-state index contributed by atoms with van der Waals surface area (Å²) < 4.78 is 0. The maximum Gasteiger partial charge on any atom is 0.243 e. The van der Waals surface area contributed by atoms with Gasteiger partial charge in [-0.2, -0.15) is 0 Å². The van der Waals surface area contributed by atoms with Gasteiger partial charge in [-0.25, -0.2) is 4.98 Å². The monoisotopic (exact) mass is 765 g/mol. The molecule has 300 valence electrons. The standard InChI is InChI=1S/C31H51N13O10/c1-13(2)24(44-28(51)18(6-8-22(34)46)41-26(49)14(3)32)31(54)39-15(4)27(50)42-20(10-23(35)47)30(53)43-19(9-16-11-37-12-38-16)29(52)40-17(25(36)48)5-7-21(33)45/h11-15,17-20,24H,5-10,32H2,1-4H3,(H2,33,45)(H2,34,46)(H2,35,47)(H2,36,48)(H,37,38)(H,39,54)(H,40,52)(H,41,49)(H,42,50)(H,43,53)(H,44,51)/t14-,15-,17-,18-,19-,20-,24-/m0/s1. The van der Waals surface area contributed by atoms with Crippen LogP contribution in [0, 0.1) is 5.92 Å². The third-order valence-corrected chi connectivity index (χ3v) is 7.71. The van der Waals surface area contributed by atoms with Crippen molar-refractivity contribution < 1.29 is 47.9 Å². The lowest BCUT2D eigenvalue weighted by molar-refractivity contribution is -0.136. The zero-order chi connectivity index (χ0) is 41.3. The van der Waals surface area contributed by atoms with Crippen LogP contribution in [0.1, 0.15) is 65.5 Å². The highest BCUT2D eigenvalue weighted by Crippen LogP contribution is 2.07. The van der Waals surface area contributed by atoms with E-state index in [1.165, 1.54) is 26.4 Å². The van der Waals surface area contributed by atoms with E-state index in [-0.39, 0.29) is 32.1 Å². The maximum absolute atomic E-state index is 13.4. The van der Waals surface area contributed by atoms with Crippen LogP contribution in [-0.4, -0.2) is 111 Å². The minimum absolute atomic E-state index is 0.195. The number of carbonyl (C=O) groups is 10. The van der Waals surface area contributed by atoms with E-state index < -0.39 is 114 Å². The number of rotatable bonds is 24. The van der Waals surface area contributed by atoms with E-state index in [9.17, 15) is 47.9 Å². The quantitative estimate of drug-likeness (QED) is 0.0468. The molecule has 17 N–H and O–H groups in total. The Hall–Kier alpha value is -6.13. The number of nitrogens with two attached hydrogens (primary N) is 5. The van der Waals surface area contributed by atoms with Crippen molar-refractivity contribution in [1.29, 1.82) is 0 Å². The van der Waals surface area contributed by atoms with E-state index in [2.05, 4.69) is 41.9 Å². The van der Waals surface area contributed by atoms with Gasteiger partial charge in [0.1, 0.15) is 36.3 Å². The van der Waals surface area contributed by atoms with E-state index in [4.69, 9.17) is 28.7 Å². The number of hydrogen-bond acceptors (Lipinski definition) is 12. The summed E-state index contributed by atoms with van der Waals surface area (Å²) in [5.74, 6) is -9.41. The summed E-state index contributed by atoms with van der Waals surface area (Å²) in [7, 11) is 0. The summed E-state index contributed by atoms with van der Waals surface area (Å²) in [5, 5.41) is 14.3.